The quantitative estimate of drug-likeness (QED) is 0.611. The van der Waals surface area contributed by atoms with Crippen LogP contribution in [0.15, 0.2) is 48.8 Å². The van der Waals surface area contributed by atoms with Gasteiger partial charge >= 0.3 is 0 Å². The second kappa shape index (κ2) is 8.53. The third-order valence-electron chi connectivity index (χ3n) is 5.65. The molecule has 0 radical (unpaired) electrons. The van der Waals surface area contributed by atoms with Gasteiger partial charge in [0.25, 0.3) is 0 Å². The molecule has 4 heterocycles. The summed E-state index contributed by atoms with van der Waals surface area (Å²) >= 11 is 5.71. The Morgan fingerprint density at radius 1 is 1.13 bits per heavy atom. The van der Waals surface area contributed by atoms with Crippen molar-refractivity contribution in [3.05, 3.63) is 77.0 Å². The van der Waals surface area contributed by atoms with Crippen molar-refractivity contribution in [1.29, 1.82) is 0 Å². The van der Waals surface area contributed by atoms with E-state index in [-0.39, 0.29) is 12.1 Å². The number of thiocarbonyl (C=S) groups is 1. The van der Waals surface area contributed by atoms with Crippen molar-refractivity contribution in [1.82, 2.24) is 24.8 Å². The van der Waals surface area contributed by atoms with Crippen LogP contribution in [0.5, 0.6) is 0 Å². The SMILES string of the molecule is COCCN1C(=S)N[C@H](c2ccccn2)[C@H]1c1cc(C)n(-c2ccc(C)cn2)c1C. The summed E-state index contributed by atoms with van der Waals surface area (Å²) in [4.78, 5) is 11.5. The molecule has 3 aromatic rings. The van der Waals surface area contributed by atoms with Gasteiger partial charge in [-0.2, -0.15) is 0 Å². The molecule has 4 rings (SSSR count). The maximum absolute atomic E-state index is 5.71. The Morgan fingerprint density at radius 2 is 1.97 bits per heavy atom. The zero-order chi connectivity index (χ0) is 21.3. The maximum atomic E-state index is 5.71. The summed E-state index contributed by atoms with van der Waals surface area (Å²) in [5, 5.41) is 4.22. The Hall–Kier alpha value is -2.77. The van der Waals surface area contributed by atoms with Gasteiger partial charge in [-0.3, -0.25) is 4.98 Å². The molecule has 1 fully saturated rings. The van der Waals surface area contributed by atoms with E-state index in [1.165, 1.54) is 5.56 Å². The number of aromatic nitrogens is 3. The summed E-state index contributed by atoms with van der Waals surface area (Å²) in [5.41, 5.74) is 5.64. The number of nitrogens with one attached hydrogen (secondary N) is 1. The Morgan fingerprint density at radius 3 is 2.63 bits per heavy atom. The lowest BCUT2D eigenvalue weighted by molar-refractivity contribution is 0.164. The molecule has 0 saturated carbocycles. The first-order chi connectivity index (χ1) is 14.5. The number of hydrogen-bond donors (Lipinski definition) is 1. The van der Waals surface area contributed by atoms with Gasteiger partial charge in [0.05, 0.1) is 24.4 Å². The van der Waals surface area contributed by atoms with Gasteiger partial charge in [0.2, 0.25) is 0 Å². The van der Waals surface area contributed by atoms with Gasteiger partial charge in [-0.25, -0.2) is 4.98 Å². The van der Waals surface area contributed by atoms with Crippen molar-refractivity contribution < 1.29 is 4.74 Å². The topological polar surface area (TPSA) is 55.2 Å². The molecule has 30 heavy (non-hydrogen) atoms. The zero-order valence-corrected chi connectivity index (χ0v) is 18.6. The average molecular weight is 422 g/mol. The van der Waals surface area contributed by atoms with Crippen LogP contribution >= 0.6 is 12.2 Å². The molecule has 0 unspecified atom stereocenters. The summed E-state index contributed by atoms with van der Waals surface area (Å²) in [7, 11) is 1.72. The second-order valence-electron chi connectivity index (χ2n) is 7.67. The molecule has 1 saturated heterocycles. The van der Waals surface area contributed by atoms with E-state index in [4.69, 9.17) is 17.0 Å². The smallest absolute Gasteiger partial charge is 0.170 e. The Balaban J connectivity index is 1.81. The van der Waals surface area contributed by atoms with Gasteiger partial charge in [0.1, 0.15) is 5.82 Å². The summed E-state index contributed by atoms with van der Waals surface area (Å²) in [6.07, 6.45) is 3.73. The van der Waals surface area contributed by atoms with Gasteiger partial charge in [0, 0.05) is 37.4 Å². The van der Waals surface area contributed by atoms with Crippen LogP contribution in [0.4, 0.5) is 0 Å². The zero-order valence-electron chi connectivity index (χ0n) is 17.8. The molecule has 0 aliphatic carbocycles. The highest BCUT2D eigenvalue weighted by Gasteiger charge is 2.41. The molecular weight excluding hydrogens is 394 g/mol. The lowest BCUT2D eigenvalue weighted by Crippen LogP contribution is -2.32. The Labute approximate surface area is 182 Å². The minimum atomic E-state index is -0.0320. The second-order valence-corrected chi connectivity index (χ2v) is 8.06. The predicted octanol–water partition coefficient (Wildman–Crippen LogP) is 3.81. The highest BCUT2D eigenvalue weighted by atomic mass is 32.1. The van der Waals surface area contributed by atoms with Crippen molar-refractivity contribution in [3.8, 4) is 5.82 Å². The number of hydrogen-bond acceptors (Lipinski definition) is 4. The van der Waals surface area contributed by atoms with E-state index in [9.17, 15) is 0 Å². The lowest BCUT2D eigenvalue weighted by atomic mass is 9.97. The van der Waals surface area contributed by atoms with Crippen LogP contribution in [0.25, 0.3) is 5.82 Å². The number of methoxy groups -OCH3 is 1. The first-order valence-electron chi connectivity index (χ1n) is 10.1. The fraction of sp³-hybridized carbons (Fsp3) is 0.348. The molecule has 0 spiro atoms. The molecule has 1 aliphatic rings. The summed E-state index contributed by atoms with van der Waals surface area (Å²) in [6.45, 7) is 7.63. The molecule has 1 aliphatic heterocycles. The summed E-state index contributed by atoms with van der Waals surface area (Å²) in [6, 6.07) is 12.4. The van der Waals surface area contributed by atoms with Crippen molar-refractivity contribution in [3.63, 3.8) is 0 Å². The molecule has 6 nitrogen and oxygen atoms in total. The number of rotatable bonds is 6. The van der Waals surface area contributed by atoms with E-state index in [1.54, 1.807) is 7.11 Å². The van der Waals surface area contributed by atoms with Gasteiger partial charge in [0.15, 0.2) is 5.11 Å². The van der Waals surface area contributed by atoms with E-state index in [0.29, 0.717) is 13.2 Å². The minimum absolute atomic E-state index is 0.0212. The maximum Gasteiger partial charge on any atom is 0.170 e. The van der Waals surface area contributed by atoms with Crippen LogP contribution in [0.3, 0.4) is 0 Å². The van der Waals surface area contributed by atoms with Gasteiger partial charge in [-0.1, -0.05) is 12.1 Å². The molecular formula is C23H27N5OS. The average Bonchev–Trinajstić information content (AvgIpc) is 3.23. The summed E-state index contributed by atoms with van der Waals surface area (Å²) < 4.78 is 7.57. The molecule has 3 aromatic heterocycles. The fourth-order valence-corrected chi connectivity index (χ4v) is 4.54. The van der Waals surface area contributed by atoms with Crippen molar-refractivity contribution in [2.45, 2.75) is 32.9 Å². The van der Waals surface area contributed by atoms with Crippen molar-refractivity contribution >= 4 is 17.3 Å². The molecule has 1 N–H and O–H groups in total. The lowest BCUT2D eigenvalue weighted by Gasteiger charge is -2.28. The van der Waals surface area contributed by atoms with E-state index < -0.39 is 0 Å². The Kier molecular flexibility index (Phi) is 5.83. The summed E-state index contributed by atoms with van der Waals surface area (Å²) in [5.74, 6) is 0.924. The normalized spacial score (nSPS) is 18.7. The molecule has 0 aromatic carbocycles. The van der Waals surface area contributed by atoms with Crippen LogP contribution in [0.1, 0.15) is 40.3 Å². The first kappa shape index (κ1) is 20.5. The van der Waals surface area contributed by atoms with Crippen LogP contribution in [-0.2, 0) is 4.74 Å². The number of ether oxygens (including phenoxy) is 1. The van der Waals surface area contributed by atoms with E-state index in [1.807, 2.05) is 37.5 Å². The van der Waals surface area contributed by atoms with Crippen LogP contribution in [0, 0.1) is 20.8 Å². The van der Waals surface area contributed by atoms with Crippen molar-refractivity contribution in [2.75, 3.05) is 20.3 Å². The monoisotopic (exact) mass is 421 g/mol. The van der Waals surface area contributed by atoms with Gasteiger partial charge in [-0.05, 0) is 68.4 Å². The van der Waals surface area contributed by atoms with E-state index >= 15 is 0 Å². The van der Waals surface area contributed by atoms with Crippen molar-refractivity contribution in [2.24, 2.45) is 0 Å². The van der Waals surface area contributed by atoms with E-state index in [0.717, 1.165) is 33.6 Å². The van der Waals surface area contributed by atoms with Crippen LogP contribution < -0.4 is 5.32 Å². The highest BCUT2D eigenvalue weighted by Crippen LogP contribution is 2.41. The van der Waals surface area contributed by atoms with Gasteiger partial charge < -0.3 is 19.5 Å². The van der Waals surface area contributed by atoms with Gasteiger partial charge in [-0.15, -0.1) is 0 Å². The Bertz CT molecular complexity index is 1030. The standard InChI is InChI=1S/C23H27N5OS/c1-15-8-9-20(25-14-15)28-16(2)13-18(17(28)3)22-21(19-7-5-6-10-24-19)26-23(30)27(22)11-12-29-4/h5-10,13-14,21-22H,11-12H2,1-4H3,(H,26,30)/t21-,22-/m1/s1. The predicted molar refractivity (Wildman–Crippen MR) is 122 cm³/mol. The molecule has 0 amide bonds. The minimum Gasteiger partial charge on any atom is -0.383 e. The van der Waals surface area contributed by atoms with Crippen LogP contribution in [0.2, 0.25) is 0 Å². The third kappa shape index (κ3) is 3.70. The third-order valence-corrected chi connectivity index (χ3v) is 6.00. The molecule has 7 heteroatoms. The van der Waals surface area contributed by atoms with Crippen LogP contribution in [-0.4, -0.2) is 44.8 Å². The van der Waals surface area contributed by atoms with E-state index in [2.05, 4.69) is 56.8 Å². The highest BCUT2D eigenvalue weighted by molar-refractivity contribution is 7.80. The fourth-order valence-electron chi connectivity index (χ4n) is 4.21. The largest absolute Gasteiger partial charge is 0.383 e. The molecule has 0 bridgehead atoms. The number of pyridine rings is 2. The first-order valence-corrected chi connectivity index (χ1v) is 10.5. The molecule has 156 valence electrons. The number of aryl methyl sites for hydroxylation is 2. The number of nitrogens with zero attached hydrogens (tertiary/aromatic N) is 4. The molecule has 2 atom stereocenters.